The van der Waals surface area contributed by atoms with Crippen molar-refractivity contribution in [1.29, 1.82) is 0 Å². The van der Waals surface area contributed by atoms with E-state index in [0.717, 1.165) is 0 Å². The predicted molar refractivity (Wildman–Crippen MR) is 94.6 cm³/mol. The first-order chi connectivity index (χ1) is 13.0. The average molecular weight is 371 g/mol. The number of nitrogens with zero attached hydrogens (tertiary/aromatic N) is 1. The van der Waals surface area contributed by atoms with Gasteiger partial charge in [0.1, 0.15) is 6.04 Å². The molecule has 1 atom stereocenters. The molecule has 0 saturated carbocycles. The molecule has 2 aliphatic rings. The maximum Gasteiger partial charge on any atom is 0.261 e. The lowest BCUT2D eigenvalue weighted by Gasteiger charge is -2.21. The fourth-order valence-corrected chi connectivity index (χ4v) is 3.27. The number of benzene rings is 1. The van der Waals surface area contributed by atoms with Crippen LogP contribution in [0, 0.1) is 0 Å². The lowest BCUT2D eigenvalue weighted by molar-refractivity contribution is -0.137. The van der Waals surface area contributed by atoms with Gasteiger partial charge in [0.05, 0.1) is 11.1 Å². The highest BCUT2D eigenvalue weighted by Gasteiger charge is 2.34. The minimum atomic E-state index is -0.659. The van der Waals surface area contributed by atoms with Crippen LogP contribution in [0.1, 0.15) is 59.2 Å². The minimum absolute atomic E-state index is 0.219. The van der Waals surface area contributed by atoms with Crippen molar-refractivity contribution >= 4 is 29.5 Å². The third-order valence-electron chi connectivity index (χ3n) is 4.74. The smallest absolute Gasteiger partial charge is 0.261 e. The van der Waals surface area contributed by atoms with Crippen molar-refractivity contribution in [1.82, 2.24) is 15.5 Å². The van der Waals surface area contributed by atoms with Crippen LogP contribution in [-0.4, -0.2) is 47.0 Å². The summed E-state index contributed by atoms with van der Waals surface area (Å²) >= 11 is 0. The SMILES string of the molecule is O=C1CCC(NC(=O)CCCCCN2C(=O)c3ccccc3C2=O)C(=O)N1. The summed E-state index contributed by atoms with van der Waals surface area (Å²) in [5, 5.41) is 4.82. The number of amides is 5. The van der Waals surface area contributed by atoms with Crippen molar-refractivity contribution < 1.29 is 24.0 Å². The van der Waals surface area contributed by atoms with Gasteiger partial charge in [0.2, 0.25) is 17.7 Å². The summed E-state index contributed by atoms with van der Waals surface area (Å²) in [6.45, 7) is 0.321. The van der Waals surface area contributed by atoms with E-state index in [1.54, 1.807) is 24.3 Å². The number of hydrogen-bond acceptors (Lipinski definition) is 5. The maximum atomic E-state index is 12.2. The molecule has 0 aromatic heterocycles. The fraction of sp³-hybridized carbons (Fsp3) is 0.421. The van der Waals surface area contributed by atoms with E-state index in [1.165, 1.54) is 4.90 Å². The van der Waals surface area contributed by atoms with E-state index >= 15 is 0 Å². The second-order valence-electron chi connectivity index (χ2n) is 6.69. The third kappa shape index (κ3) is 4.21. The Hall–Kier alpha value is -3.03. The van der Waals surface area contributed by atoms with Gasteiger partial charge in [-0.2, -0.15) is 0 Å². The first-order valence-electron chi connectivity index (χ1n) is 9.05. The molecule has 8 heteroatoms. The molecule has 2 aliphatic heterocycles. The van der Waals surface area contributed by atoms with Crippen LogP contribution >= 0.6 is 0 Å². The van der Waals surface area contributed by atoms with Crippen molar-refractivity contribution in [3.05, 3.63) is 35.4 Å². The molecule has 1 aromatic rings. The molecule has 0 spiro atoms. The molecular weight excluding hydrogens is 350 g/mol. The van der Waals surface area contributed by atoms with Crippen LogP contribution in [-0.2, 0) is 14.4 Å². The largest absolute Gasteiger partial charge is 0.344 e. The molecule has 0 bridgehead atoms. The van der Waals surface area contributed by atoms with Gasteiger partial charge in [-0.15, -0.1) is 0 Å². The summed E-state index contributed by atoms with van der Waals surface area (Å²) in [5.41, 5.74) is 0.872. The summed E-state index contributed by atoms with van der Waals surface area (Å²) < 4.78 is 0. The highest BCUT2D eigenvalue weighted by atomic mass is 16.2. The number of hydrogen-bond donors (Lipinski definition) is 2. The van der Waals surface area contributed by atoms with Crippen LogP contribution in [0.2, 0.25) is 0 Å². The Kier molecular flexibility index (Phi) is 5.63. The molecular formula is C19H21N3O5. The molecule has 142 valence electrons. The maximum absolute atomic E-state index is 12.2. The highest BCUT2D eigenvalue weighted by molar-refractivity contribution is 6.21. The van der Waals surface area contributed by atoms with Gasteiger partial charge >= 0.3 is 0 Å². The first kappa shape index (κ1) is 18.8. The molecule has 2 N–H and O–H groups in total. The van der Waals surface area contributed by atoms with Gasteiger partial charge < -0.3 is 5.32 Å². The van der Waals surface area contributed by atoms with Crippen molar-refractivity contribution in [2.75, 3.05) is 6.54 Å². The third-order valence-corrected chi connectivity index (χ3v) is 4.74. The Morgan fingerprint density at radius 3 is 2.33 bits per heavy atom. The average Bonchev–Trinajstić information content (AvgIpc) is 2.89. The van der Waals surface area contributed by atoms with Crippen molar-refractivity contribution in [3.63, 3.8) is 0 Å². The number of carbonyl (C=O) groups is 5. The lowest BCUT2D eigenvalue weighted by atomic mass is 10.1. The zero-order valence-corrected chi connectivity index (χ0v) is 14.8. The molecule has 1 unspecified atom stereocenters. The molecule has 1 aromatic carbocycles. The molecule has 2 heterocycles. The van der Waals surface area contributed by atoms with Crippen LogP contribution in [0.5, 0.6) is 0 Å². The molecule has 1 saturated heterocycles. The number of piperidine rings is 1. The van der Waals surface area contributed by atoms with Gasteiger partial charge in [-0.1, -0.05) is 18.6 Å². The van der Waals surface area contributed by atoms with E-state index in [2.05, 4.69) is 10.6 Å². The Morgan fingerprint density at radius 1 is 1.04 bits per heavy atom. The van der Waals surface area contributed by atoms with E-state index in [0.29, 0.717) is 43.4 Å². The Balaban J connectivity index is 1.36. The van der Waals surface area contributed by atoms with Gasteiger partial charge in [-0.3, -0.25) is 34.2 Å². The van der Waals surface area contributed by atoms with Crippen LogP contribution in [0.3, 0.4) is 0 Å². The summed E-state index contributed by atoms with van der Waals surface area (Å²) in [5.74, 6) is -1.58. The topological polar surface area (TPSA) is 113 Å². The van der Waals surface area contributed by atoms with Gasteiger partial charge in [0.25, 0.3) is 11.8 Å². The Bertz CT molecular complexity index is 769. The molecule has 0 aliphatic carbocycles. The lowest BCUT2D eigenvalue weighted by Crippen LogP contribution is -2.52. The number of rotatable bonds is 7. The molecule has 1 fully saturated rings. The second kappa shape index (κ2) is 8.11. The van der Waals surface area contributed by atoms with Gasteiger partial charge in [0.15, 0.2) is 0 Å². The normalized spacial score (nSPS) is 19.1. The molecule has 5 amide bonds. The van der Waals surface area contributed by atoms with E-state index in [9.17, 15) is 24.0 Å². The Labute approximate surface area is 156 Å². The highest BCUT2D eigenvalue weighted by Crippen LogP contribution is 2.22. The summed E-state index contributed by atoms with van der Waals surface area (Å²) in [6.07, 6.45) is 2.66. The van der Waals surface area contributed by atoms with Gasteiger partial charge in [-0.05, 0) is 31.4 Å². The quantitative estimate of drug-likeness (QED) is 0.543. The number of nitrogens with one attached hydrogen (secondary N) is 2. The first-order valence-corrected chi connectivity index (χ1v) is 9.05. The fourth-order valence-electron chi connectivity index (χ4n) is 3.27. The Morgan fingerprint density at radius 2 is 1.70 bits per heavy atom. The van der Waals surface area contributed by atoms with Crippen molar-refractivity contribution in [3.8, 4) is 0 Å². The van der Waals surface area contributed by atoms with E-state index < -0.39 is 11.9 Å². The number of unbranched alkanes of at least 4 members (excludes halogenated alkanes) is 2. The second-order valence-corrected chi connectivity index (χ2v) is 6.69. The van der Waals surface area contributed by atoms with Crippen LogP contribution in [0.15, 0.2) is 24.3 Å². The van der Waals surface area contributed by atoms with Crippen LogP contribution in [0.25, 0.3) is 0 Å². The summed E-state index contributed by atoms with van der Waals surface area (Å²) in [4.78, 5) is 60.3. The molecule has 3 rings (SSSR count). The molecule has 0 radical (unpaired) electrons. The number of imide groups is 2. The van der Waals surface area contributed by atoms with Crippen molar-refractivity contribution in [2.45, 2.75) is 44.6 Å². The zero-order chi connectivity index (χ0) is 19.4. The predicted octanol–water partition coefficient (Wildman–Crippen LogP) is 0.764. The molecule has 8 nitrogen and oxygen atoms in total. The van der Waals surface area contributed by atoms with Gasteiger partial charge in [-0.25, -0.2) is 0 Å². The monoisotopic (exact) mass is 371 g/mol. The van der Waals surface area contributed by atoms with Crippen LogP contribution < -0.4 is 10.6 Å². The van der Waals surface area contributed by atoms with Gasteiger partial charge in [0, 0.05) is 19.4 Å². The summed E-state index contributed by atoms with van der Waals surface area (Å²) in [6, 6.07) is 6.10. The van der Waals surface area contributed by atoms with E-state index in [4.69, 9.17) is 0 Å². The van der Waals surface area contributed by atoms with Crippen molar-refractivity contribution in [2.24, 2.45) is 0 Å². The zero-order valence-electron chi connectivity index (χ0n) is 14.8. The number of fused-ring (bicyclic) bond motifs is 1. The van der Waals surface area contributed by atoms with E-state index in [-0.39, 0.29) is 36.5 Å². The standard InChI is InChI=1S/C19H21N3O5/c23-15(20-14-9-10-16(24)21-17(14)25)8-2-1-5-11-22-18(26)12-6-3-4-7-13(12)19(22)27/h3-4,6-7,14H,1-2,5,8-11H2,(H,20,23)(H,21,24,25). The number of carbonyl (C=O) groups excluding carboxylic acids is 5. The van der Waals surface area contributed by atoms with E-state index in [1.807, 2.05) is 0 Å². The minimum Gasteiger partial charge on any atom is -0.344 e. The summed E-state index contributed by atoms with van der Waals surface area (Å²) in [7, 11) is 0. The molecule has 27 heavy (non-hydrogen) atoms. The van der Waals surface area contributed by atoms with Crippen LogP contribution in [0.4, 0.5) is 0 Å².